The Morgan fingerprint density at radius 1 is 1.18 bits per heavy atom. The maximum absolute atomic E-state index is 13.5. The summed E-state index contributed by atoms with van der Waals surface area (Å²) < 4.78 is 13.5. The first kappa shape index (κ1) is 11.8. The molecule has 3 nitrogen and oxygen atoms in total. The van der Waals surface area contributed by atoms with Gasteiger partial charge in [-0.3, -0.25) is 0 Å². The monoisotopic (exact) mass is 251 g/mol. The highest BCUT2D eigenvalue weighted by atomic mass is 35.5. The van der Waals surface area contributed by atoms with Crippen LogP contribution in [0.1, 0.15) is 18.5 Å². The van der Waals surface area contributed by atoms with Crippen LogP contribution in [0.3, 0.4) is 0 Å². The third-order valence-corrected chi connectivity index (χ3v) is 2.57. The number of benzene rings is 1. The van der Waals surface area contributed by atoms with Crippen molar-refractivity contribution in [2.45, 2.75) is 13.0 Å². The fraction of sp³-hybridized carbons (Fsp3) is 0.167. The van der Waals surface area contributed by atoms with Crippen LogP contribution in [0, 0.1) is 5.82 Å². The number of halogens is 2. The van der Waals surface area contributed by atoms with Gasteiger partial charge in [0.15, 0.2) is 5.15 Å². The summed E-state index contributed by atoms with van der Waals surface area (Å²) in [6.45, 7) is 1.86. The second-order valence-electron chi connectivity index (χ2n) is 3.63. The highest BCUT2D eigenvalue weighted by Crippen LogP contribution is 2.20. The van der Waals surface area contributed by atoms with E-state index in [0.29, 0.717) is 16.5 Å². The SMILES string of the molecule is CC(Nc1ccc(Cl)nn1)c1ccccc1F. The van der Waals surface area contributed by atoms with Gasteiger partial charge in [-0.15, -0.1) is 10.2 Å². The summed E-state index contributed by atoms with van der Waals surface area (Å²) in [7, 11) is 0. The molecule has 1 aromatic carbocycles. The maximum atomic E-state index is 13.5. The molecule has 0 bridgehead atoms. The van der Waals surface area contributed by atoms with Gasteiger partial charge < -0.3 is 5.32 Å². The molecule has 0 fully saturated rings. The first-order valence-corrected chi connectivity index (χ1v) is 5.55. The average Bonchev–Trinajstić information content (AvgIpc) is 2.32. The minimum atomic E-state index is -0.241. The van der Waals surface area contributed by atoms with Gasteiger partial charge in [0.1, 0.15) is 11.6 Å². The van der Waals surface area contributed by atoms with Crippen LogP contribution in [0.5, 0.6) is 0 Å². The second kappa shape index (κ2) is 5.10. The Labute approximate surface area is 104 Å². The molecule has 17 heavy (non-hydrogen) atoms. The van der Waals surface area contributed by atoms with E-state index in [1.165, 1.54) is 6.07 Å². The van der Waals surface area contributed by atoms with Gasteiger partial charge in [0.2, 0.25) is 0 Å². The van der Waals surface area contributed by atoms with Crippen LogP contribution in [0.2, 0.25) is 5.15 Å². The highest BCUT2D eigenvalue weighted by Gasteiger charge is 2.10. The minimum Gasteiger partial charge on any atom is -0.362 e. The third kappa shape index (κ3) is 2.91. The Hall–Kier alpha value is -1.68. The molecule has 0 aliphatic rings. The van der Waals surface area contributed by atoms with Crippen molar-refractivity contribution in [2.75, 3.05) is 5.32 Å². The minimum absolute atomic E-state index is 0.188. The van der Waals surface area contributed by atoms with Crippen LogP contribution in [0.25, 0.3) is 0 Å². The molecule has 0 aliphatic heterocycles. The zero-order valence-electron chi connectivity index (χ0n) is 9.19. The predicted octanol–water partition coefficient (Wildman–Crippen LogP) is 3.44. The van der Waals surface area contributed by atoms with Crippen LogP contribution in [-0.2, 0) is 0 Å². The Morgan fingerprint density at radius 3 is 2.59 bits per heavy atom. The van der Waals surface area contributed by atoms with E-state index < -0.39 is 0 Å². The lowest BCUT2D eigenvalue weighted by Crippen LogP contribution is -2.09. The number of anilines is 1. The Balaban J connectivity index is 2.14. The van der Waals surface area contributed by atoms with Gasteiger partial charge in [-0.1, -0.05) is 29.8 Å². The summed E-state index contributed by atoms with van der Waals surface area (Å²) in [5.74, 6) is 0.319. The van der Waals surface area contributed by atoms with Crippen molar-refractivity contribution in [3.63, 3.8) is 0 Å². The summed E-state index contributed by atoms with van der Waals surface area (Å²) >= 11 is 5.63. The molecule has 1 aromatic heterocycles. The molecule has 1 unspecified atom stereocenters. The maximum Gasteiger partial charge on any atom is 0.151 e. The molecule has 0 amide bonds. The summed E-state index contributed by atoms with van der Waals surface area (Å²) in [4.78, 5) is 0. The van der Waals surface area contributed by atoms with E-state index in [1.807, 2.05) is 6.92 Å². The lowest BCUT2D eigenvalue weighted by Gasteiger charge is -2.14. The van der Waals surface area contributed by atoms with Crippen LogP contribution in [0.15, 0.2) is 36.4 Å². The fourth-order valence-corrected chi connectivity index (χ4v) is 1.62. The molecule has 0 spiro atoms. The summed E-state index contributed by atoms with van der Waals surface area (Å²) in [5.41, 5.74) is 0.587. The standard InChI is InChI=1S/C12H11ClFN3/c1-8(9-4-2-3-5-10(9)14)15-12-7-6-11(13)16-17-12/h2-8H,1H3,(H,15,17). The molecular formula is C12H11ClFN3. The van der Waals surface area contributed by atoms with Crippen molar-refractivity contribution in [1.82, 2.24) is 10.2 Å². The van der Waals surface area contributed by atoms with E-state index in [2.05, 4.69) is 15.5 Å². The van der Waals surface area contributed by atoms with Crippen molar-refractivity contribution in [3.8, 4) is 0 Å². The zero-order valence-corrected chi connectivity index (χ0v) is 9.95. The van der Waals surface area contributed by atoms with Gasteiger partial charge in [0.05, 0.1) is 6.04 Å². The quantitative estimate of drug-likeness (QED) is 0.908. The first-order chi connectivity index (χ1) is 8.16. The normalized spacial score (nSPS) is 12.2. The Bertz CT molecular complexity index is 501. The van der Waals surface area contributed by atoms with Crippen molar-refractivity contribution in [1.29, 1.82) is 0 Å². The van der Waals surface area contributed by atoms with E-state index in [1.54, 1.807) is 30.3 Å². The lowest BCUT2D eigenvalue weighted by atomic mass is 10.1. The number of rotatable bonds is 3. The topological polar surface area (TPSA) is 37.8 Å². The highest BCUT2D eigenvalue weighted by molar-refractivity contribution is 6.29. The third-order valence-electron chi connectivity index (χ3n) is 2.37. The molecule has 1 atom stereocenters. The number of nitrogens with one attached hydrogen (secondary N) is 1. The van der Waals surface area contributed by atoms with Crippen molar-refractivity contribution in [2.24, 2.45) is 0 Å². The number of hydrogen-bond donors (Lipinski definition) is 1. The molecule has 1 heterocycles. The van der Waals surface area contributed by atoms with Gasteiger partial charge in [0.25, 0.3) is 0 Å². The van der Waals surface area contributed by atoms with E-state index in [4.69, 9.17) is 11.6 Å². The molecule has 0 radical (unpaired) electrons. The van der Waals surface area contributed by atoms with E-state index >= 15 is 0 Å². The van der Waals surface area contributed by atoms with Gasteiger partial charge in [-0.25, -0.2) is 4.39 Å². The molecule has 1 N–H and O–H groups in total. The molecule has 2 rings (SSSR count). The predicted molar refractivity (Wildman–Crippen MR) is 65.5 cm³/mol. The van der Waals surface area contributed by atoms with Gasteiger partial charge >= 0.3 is 0 Å². The zero-order chi connectivity index (χ0) is 12.3. The molecule has 5 heteroatoms. The van der Waals surface area contributed by atoms with Crippen molar-refractivity contribution >= 4 is 17.4 Å². The van der Waals surface area contributed by atoms with Gasteiger partial charge in [0, 0.05) is 5.56 Å². The lowest BCUT2D eigenvalue weighted by molar-refractivity contribution is 0.600. The Kier molecular flexibility index (Phi) is 3.54. The molecular weight excluding hydrogens is 241 g/mol. The number of hydrogen-bond acceptors (Lipinski definition) is 3. The number of aromatic nitrogens is 2. The number of nitrogens with zero attached hydrogens (tertiary/aromatic N) is 2. The second-order valence-corrected chi connectivity index (χ2v) is 4.02. The van der Waals surface area contributed by atoms with Crippen LogP contribution >= 0.6 is 11.6 Å². The fourth-order valence-electron chi connectivity index (χ4n) is 1.52. The summed E-state index contributed by atoms with van der Waals surface area (Å²) in [5, 5.41) is 10.9. The van der Waals surface area contributed by atoms with Crippen molar-refractivity contribution in [3.05, 3.63) is 52.9 Å². The first-order valence-electron chi connectivity index (χ1n) is 5.17. The largest absolute Gasteiger partial charge is 0.362 e. The summed E-state index contributed by atoms with van der Waals surface area (Å²) in [6.07, 6.45) is 0. The molecule has 0 saturated heterocycles. The molecule has 0 saturated carbocycles. The van der Waals surface area contributed by atoms with Crippen LogP contribution in [-0.4, -0.2) is 10.2 Å². The molecule has 0 aliphatic carbocycles. The van der Waals surface area contributed by atoms with Gasteiger partial charge in [-0.05, 0) is 25.1 Å². The van der Waals surface area contributed by atoms with E-state index in [9.17, 15) is 4.39 Å². The van der Waals surface area contributed by atoms with E-state index in [-0.39, 0.29) is 11.9 Å². The van der Waals surface area contributed by atoms with Crippen LogP contribution < -0.4 is 5.32 Å². The van der Waals surface area contributed by atoms with Crippen molar-refractivity contribution < 1.29 is 4.39 Å². The Morgan fingerprint density at radius 2 is 1.94 bits per heavy atom. The average molecular weight is 252 g/mol. The van der Waals surface area contributed by atoms with Crippen LogP contribution in [0.4, 0.5) is 10.2 Å². The molecule has 88 valence electrons. The smallest absolute Gasteiger partial charge is 0.151 e. The van der Waals surface area contributed by atoms with E-state index in [0.717, 1.165) is 0 Å². The summed E-state index contributed by atoms with van der Waals surface area (Å²) in [6, 6.07) is 9.76. The van der Waals surface area contributed by atoms with Gasteiger partial charge in [-0.2, -0.15) is 0 Å². The molecule has 2 aromatic rings.